The van der Waals surface area contributed by atoms with Crippen LogP contribution in [-0.4, -0.2) is 34.0 Å². The largest absolute Gasteiger partial charge is 0.350 e. The molecule has 0 aromatic heterocycles. The number of sulfonamides is 1. The van der Waals surface area contributed by atoms with E-state index in [9.17, 15) is 13.2 Å². The average molecular weight is 375 g/mol. The third kappa shape index (κ3) is 5.06. The molecule has 140 valence electrons. The lowest BCUT2D eigenvalue weighted by Gasteiger charge is -2.14. The van der Waals surface area contributed by atoms with Crippen LogP contribution in [0.15, 0.2) is 47.4 Å². The Morgan fingerprint density at radius 2 is 1.85 bits per heavy atom. The van der Waals surface area contributed by atoms with Crippen molar-refractivity contribution < 1.29 is 13.2 Å². The summed E-state index contributed by atoms with van der Waals surface area (Å²) < 4.78 is 27.9. The molecular weight excluding hydrogens is 350 g/mol. The summed E-state index contributed by atoms with van der Waals surface area (Å²) in [6.45, 7) is 6.06. The van der Waals surface area contributed by atoms with Gasteiger partial charge in [0.25, 0.3) is 15.9 Å². The van der Waals surface area contributed by atoms with Gasteiger partial charge >= 0.3 is 0 Å². The topological polar surface area (TPSA) is 87.3 Å². The van der Waals surface area contributed by atoms with Crippen molar-refractivity contribution in [3.8, 4) is 0 Å². The Kier molecular flexibility index (Phi) is 6.39. The molecule has 0 spiro atoms. The molecule has 0 aliphatic rings. The van der Waals surface area contributed by atoms with E-state index in [1.165, 1.54) is 12.1 Å². The monoisotopic (exact) mass is 375 g/mol. The van der Waals surface area contributed by atoms with E-state index in [1.807, 2.05) is 27.0 Å². The zero-order valence-electron chi connectivity index (χ0n) is 15.5. The van der Waals surface area contributed by atoms with Crippen LogP contribution in [0.2, 0.25) is 0 Å². The van der Waals surface area contributed by atoms with Gasteiger partial charge in [-0.05, 0) is 63.2 Å². The Balaban J connectivity index is 2.25. The lowest BCUT2D eigenvalue weighted by atomic mass is 10.1. The Morgan fingerprint density at radius 1 is 1.12 bits per heavy atom. The van der Waals surface area contributed by atoms with Gasteiger partial charge in [0, 0.05) is 23.8 Å². The van der Waals surface area contributed by atoms with Crippen LogP contribution >= 0.6 is 0 Å². The molecule has 0 heterocycles. The second-order valence-electron chi connectivity index (χ2n) is 6.35. The highest BCUT2D eigenvalue weighted by atomic mass is 32.2. The first-order valence-electron chi connectivity index (χ1n) is 8.38. The number of carbonyl (C=O) groups is 1. The summed E-state index contributed by atoms with van der Waals surface area (Å²) in [5.74, 6) is -0.294. The first kappa shape index (κ1) is 19.9. The van der Waals surface area contributed by atoms with Crippen LogP contribution in [0.3, 0.4) is 0 Å². The van der Waals surface area contributed by atoms with E-state index in [1.54, 1.807) is 31.2 Å². The van der Waals surface area contributed by atoms with E-state index < -0.39 is 10.0 Å². The third-order valence-electron chi connectivity index (χ3n) is 4.10. The van der Waals surface area contributed by atoms with Crippen LogP contribution in [0.5, 0.6) is 0 Å². The second-order valence-corrected chi connectivity index (χ2v) is 8.03. The van der Waals surface area contributed by atoms with E-state index in [4.69, 9.17) is 0 Å². The third-order valence-corrected chi connectivity index (χ3v) is 5.47. The van der Waals surface area contributed by atoms with Crippen molar-refractivity contribution in [1.29, 1.82) is 0 Å². The van der Waals surface area contributed by atoms with Gasteiger partial charge < -0.3 is 10.6 Å². The second kappa shape index (κ2) is 8.33. The van der Waals surface area contributed by atoms with Gasteiger partial charge in [0.1, 0.15) is 0 Å². The molecule has 0 radical (unpaired) electrons. The van der Waals surface area contributed by atoms with Gasteiger partial charge in [-0.15, -0.1) is 0 Å². The lowest BCUT2D eigenvalue weighted by molar-refractivity contribution is 0.0949. The van der Waals surface area contributed by atoms with Gasteiger partial charge in [-0.2, -0.15) is 0 Å². The van der Waals surface area contributed by atoms with Crippen LogP contribution in [0.25, 0.3) is 0 Å². The van der Waals surface area contributed by atoms with Gasteiger partial charge in [0.2, 0.25) is 0 Å². The van der Waals surface area contributed by atoms with Crippen LogP contribution in [0, 0.1) is 13.8 Å². The number of rotatable bonds is 7. The summed E-state index contributed by atoms with van der Waals surface area (Å²) in [7, 11) is -1.97. The van der Waals surface area contributed by atoms with Crippen molar-refractivity contribution in [3.63, 3.8) is 0 Å². The minimum Gasteiger partial charge on any atom is -0.350 e. The Labute approximate surface area is 155 Å². The molecule has 0 fully saturated rings. The highest BCUT2D eigenvalue weighted by molar-refractivity contribution is 7.92. The summed E-state index contributed by atoms with van der Waals surface area (Å²) in [6.07, 6.45) is 0. The normalized spacial score (nSPS) is 12.5. The number of benzene rings is 2. The number of carbonyl (C=O) groups excluding carboxylic acids is 1. The Bertz CT molecular complexity index is 895. The van der Waals surface area contributed by atoms with Crippen LogP contribution < -0.4 is 15.4 Å². The molecule has 2 rings (SSSR count). The molecular formula is C19H25N3O3S. The molecule has 1 atom stereocenters. The highest BCUT2D eigenvalue weighted by Crippen LogP contribution is 2.20. The average Bonchev–Trinajstić information content (AvgIpc) is 2.59. The fraction of sp³-hybridized carbons (Fsp3) is 0.316. The van der Waals surface area contributed by atoms with Crippen molar-refractivity contribution in [2.45, 2.75) is 31.7 Å². The summed E-state index contributed by atoms with van der Waals surface area (Å²) in [4.78, 5) is 12.5. The predicted octanol–water partition coefficient (Wildman–Crippen LogP) is 2.44. The molecule has 1 unspecified atom stereocenters. The number of hydrogen-bond acceptors (Lipinski definition) is 4. The molecule has 7 heteroatoms. The number of amides is 1. The number of hydrogen-bond donors (Lipinski definition) is 3. The highest BCUT2D eigenvalue weighted by Gasteiger charge is 2.18. The number of likely N-dealkylation sites (N-methyl/N-ethyl adjacent to an activating group) is 1. The molecule has 1 amide bonds. The Morgan fingerprint density at radius 3 is 2.50 bits per heavy atom. The van der Waals surface area contributed by atoms with Crippen LogP contribution in [-0.2, 0) is 10.0 Å². The SMILES string of the molecule is CNC(C)CNC(=O)c1cc(S(=O)(=O)Nc2cccc(C)c2)ccc1C. The lowest BCUT2D eigenvalue weighted by Crippen LogP contribution is -2.37. The molecule has 2 aromatic rings. The van der Waals surface area contributed by atoms with Gasteiger partial charge in [-0.3, -0.25) is 9.52 Å². The van der Waals surface area contributed by atoms with E-state index in [-0.39, 0.29) is 16.8 Å². The molecule has 0 saturated heterocycles. The maximum atomic E-state index is 12.7. The summed E-state index contributed by atoms with van der Waals surface area (Å²) in [6, 6.07) is 11.8. The van der Waals surface area contributed by atoms with Crippen molar-refractivity contribution in [3.05, 3.63) is 59.2 Å². The zero-order chi connectivity index (χ0) is 19.3. The van der Waals surface area contributed by atoms with Gasteiger partial charge in [0.05, 0.1) is 4.90 Å². The predicted molar refractivity (Wildman–Crippen MR) is 104 cm³/mol. The first-order valence-corrected chi connectivity index (χ1v) is 9.87. The fourth-order valence-electron chi connectivity index (χ4n) is 2.38. The Hall–Kier alpha value is -2.38. The van der Waals surface area contributed by atoms with Crippen LogP contribution in [0.1, 0.15) is 28.4 Å². The standard InChI is InChI=1S/C19H25N3O3S/c1-13-6-5-7-16(10-13)22-26(24,25)17-9-8-14(2)18(11-17)19(23)21-12-15(3)20-4/h5-11,15,20,22H,12H2,1-4H3,(H,21,23). The minimum absolute atomic E-state index is 0.0522. The minimum atomic E-state index is -3.78. The molecule has 3 N–H and O–H groups in total. The number of anilines is 1. The number of aryl methyl sites for hydroxylation is 2. The van der Waals surface area contributed by atoms with E-state index >= 15 is 0 Å². The van der Waals surface area contributed by atoms with E-state index in [0.717, 1.165) is 5.56 Å². The summed E-state index contributed by atoms with van der Waals surface area (Å²) >= 11 is 0. The molecule has 26 heavy (non-hydrogen) atoms. The van der Waals surface area contributed by atoms with E-state index in [0.29, 0.717) is 23.4 Å². The maximum Gasteiger partial charge on any atom is 0.261 e. The maximum absolute atomic E-state index is 12.7. The molecule has 0 bridgehead atoms. The molecule has 0 aliphatic carbocycles. The first-order chi connectivity index (χ1) is 12.2. The van der Waals surface area contributed by atoms with Crippen molar-refractivity contribution in [2.24, 2.45) is 0 Å². The van der Waals surface area contributed by atoms with Gasteiger partial charge in [0.15, 0.2) is 0 Å². The smallest absolute Gasteiger partial charge is 0.261 e. The molecule has 6 nitrogen and oxygen atoms in total. The summed E-state index contributed by atoms with van der Waals surface area (Å²) in [5, 5.41) is 5.84. The van der Waals surface area contributed by atoms with E-state index in [2.05, 4.69) is 15.4 Å². The van der Waals surface area contributed by atoms with Gasteiger partial charge in [-0.1, -0.05) is 18.2 Å². The zero-order valence-corrected chi connectivity index (χ0v) is 16.3. The van der Waals surface area contributed by atoms with Crippen molar-refractivity contribution >= 4 is 21.6 Å². The fourth-order valence-corrected chi connectivity index (χ4v) is 3.45. The molecule has 0 saturated carbocycles. The van der Waals surface area contributed by atoms with Crippen LogP contribution in [0.4, 0.5) is 5.69 Å². The summed E-state index contributed by atoms with van der Waals surface area (Å²) in [5.41, 5.74) is 2.50. The molecule has 2 aromatic carbocycles. The molecule has 0 aliphatic heterocycles. The number of nitrogens with one attached hydrogen (secondary N) is 3. The van der Waals surface area contributed by atoms with Crippen molar-refractivity contribution in [2.75, 3.05) is 18.3 Å². The van der Waals surface area contributed by atoms with Crippen molar-refractivity contribution in [1.82, 2.24) is 10.6 Å². The van der Waals surface area contributed by atoms with Gasteiger partial charge in [-0.25, -0.2) is 8.42 Å². The quantitative estimate of drug-likeness (QED) is 0.694.